The summed E-state index contributed by atoms with van der Waals surface area (Å²) in [6, 6.07) is 13.6. The number of allylic oxidation sites excluding steroid dienone is 1. The second kappa shape index (κ2) is 8.56. The zero-order chi connectivity index (χ0) is 18.4. The lowest BCUT2D eigenvalue weighted by Crippen LogP contribution is -2.30. The maximum atomic E-state index is 12.4. The lowest BCUT2D eigenvalue weighted by atomic mass is 10.1. The van der Waals surface area contributed by atoms with E-state index in [9.17, 15) is 13.2 Å². The van der Waals surface area contributed by atoms with Crippen LogP contribution in [0, 0.1) is 0 Å². The first-order valence-electron chi connectivity index (χ1n) is 7.97. The van der Waals surface area contributed by atoms with Gasteiger partial charge in [-0.3, -0.25) is 4.79 Å². The minimum absolute atomic E-state index is 0.178. The molecule has 0 saturated carbocycles. The number of carbonyl (C=O) groups is 1. The molecule has 0 heterocycles. The van der Waals surface area contributed by atoms with Crippen LogP contribution in [0.1, 0.15) is 29.8 Å². The Labute approximate surface area is 157 Å². The highest BCUT2D eigenvalue weighted by Gasteiger charge is 2.21. The van der Waals surface area contributed by atoms with Crippen LogP contribution in [0.25, 0.3) is 6.08 Å². The molecule has 0 aliphatic rings. The quantitative estimate of drug-likeness (QED) is 0.492. The smallest absolute Gasteiger partial charge is 0.243 e. The zero-order valence-corrected chi connectivity index (χ0v) is 16.5. The van der Waals surface area contributed by atoms with E-state index in [-0.39, 0.29) is 10.7 Å². The molecule has 132 valence electrons. The van der Waals surface area contributed by atoms with E-state index in [1.807, 2.05) is 24.3 Å². The van der Waals surface area contributed by atoms with Crippen molar-refractivity contribution in [2.24, 2.45) is 0 Å². The first-order chi connectivity index (χ1) is 11.9. The average molecular weight is 422 g/mol. The van der Waals surface area contributed by atoms with Gasteiger partial charge in [0.25, 0.3) is 0 Å². The second-order valence-corrected chi connectivity index (χ2v) is 8.13. The summed E-state index contributed by atoms with van der Waals surface area (Å²) in [5, 5.41) is 0. The summed E-state index contributed by atoms with van der Waals surface area (Å²) < 4.78 is 27.2. The van der Waals surface area contributed by atoms with Crippen LogP contribution in [0.2, 0.25) is 0 Å². The van der Waals surface area contributed by atoms with Crippen molar-refractivity contribution >= 4 is 37.8 Å². The van der Waals surface area contributed by atoms with Gasteiger partial charge in [-0.25, -0.2) is 8.42 Å². The van der Waals surface area contributed by atoms with Crippen molar-refractivity contribution in [3.8, 4) is 0 Å². The number of ketones is 1. The van der Waals surface area contributed by atoms with Gasteiger partial charge in [0.1, 0.15) is 0 Å². The third-order valence-corrected chi connectivity index (χ3v) is 6.59. The minimum atomic E-state index is -3.51. The van der Waals surface area contributed by atoms with Crippen molar-refractivity contribution in [3.05, 3.63) is 70.2 Å². The van der Waals surface area contributed by atoms with Crippen molar-refractivity contribution < 1.29 is 13.2 Å². The molecule has 0 aliphatic carbocycles. The van der Waals surface area contributed by atoms with Crippen LogP contribution in [0.5, 0.6) is 0 Å². The molecule has 4 nitrogen and oxygen atoms in total. The Morgan fingerprint density at radius 3 is 2.20 bits per heavy atom. The van der Waals surface area contributed by atoms with E-state index in [2.05, 4.69) is 15.9 Å². The third kappa shape index (κ3) is 4.66. The van der Waals surface area contributed by atoms with E-state index in [0.29, 0.717) is 18.7 Å². The molecule has 0 spiro atoms. The summed E-state index contributed by atoms with van der Waals surface area (Å²) in [6.07, 6.45) is 3.21. The number of hydrogen-bond donors (Lipinski definition) is 0. The number of hydrogen-bond acceptors (Lipinski definition) is 3. The highest BCUT2D eigenvalue weighted by molar-refractivity contribution is 9.10. The molecule has 25 heavy (non-hydrogen) atoms. The van der Waals surface area contributed by atoms with Crippen LogP contribution in [-0.4, -0.2) is 31.6 Å². The first kappa shape index (κ1) is 19.6. The van der Waals surface area contributed by atoms with E-state index in [4.69, 9.17) is 0 Å². The van der Waals surface area contributed by atoms with Crippen molar-refractivity contribution in [2.45, 2.75) is 18.7 Å². The lowest BCUT2D eigenvalue weighted by Gasteiger charge is -2.18. The van der Waals surface area contributed by atoms with Gasteiger partial charge in [0.15, 0.2) is 5.78 Å². The summed E-state index contributed by atoms with van der Waals surface area (Å²) in [5.41, 5.74) is 1.35. The molecule has 0 amide bonds. The van der Waals surface area contributed by atoms with Gasteiger partial charge in [0, 0.05) is 23.1 Å². The fourth-order valence-electron chi connectivity index (χ4n) is 2.38. The number of nitrogens with zero attached hydrogens (tertiary/aromatic N) is 1. The molecule has 0 fully saturated rings. The van der Waals surface area contributed by atoms with Crippen LogP contribution in [0.4, 0.5) is 0 Å². The number of halogens is 1. The number of carbonyl (C=O) groups excluding carboxylic acids is 1. The number of rotatable bonds is 7. The van der Waals surface area contributed by atoms with Gasteiger partial charge in [-0.15, -0.1) is 0 Å². The van der Waals surface area contributed by atoms with E-state index < -0.39 is 10.0 Å². The van der Waals surface area contributed by atoms with Gasteiger partial charge in [0.05, 0.1) is 4.90 Å². The monoisotopic (exact) mass is 421 g/mol. The summed E-state index contributed by atoms with van der Waals surface area (Å²) in [6.45, 7) is 4.42. The molecule has 0 atom stereocenters. The first-order valence-corrected chi connectivity index (χ1v) is 10.2. The lowest BCUT2D eigenvalue weighted by molar-refractivity contribution is 0.104. The topological polar surface area (TPSA) is 54.5 Å². The maximum absolute atomic E-state index is 12.4. The normalized spacial score (nSPS) is 12.0. The van der Waals surface area contributed by atoms with Crippen LogP contribution >= 0.6 is 15.9 Å². The van der Waals surface area contributed by atoms with Gasteiger partial charge < -0.3 is 0 Å². The fraction of sp³-hybridized carbons (Fsp3) is 0.211. The molecule has 0 unspecified atom stereocenters. The highest BCUT2D eigenvalue weighted by Crippen LogP contribution is 2.19. The zero-order valence-electron chi connectivity index (χ0n) is 14.1. The van der Waals surface area contributed by atoms with Crippen molar-refractivity contribution in [1.82, 2.24) is 4.31 Å². The predicted octanol–water partition coefficient (Wildman–Crippen LogP) is 4.38. The van der Waals surface area contributed by atoms with E-state index in [1.165, 1.54) is 22.5 Å². The second-order valence-electron chi connectivity index (χ2n) is 5.33. The molecule has 2 rings (SSSR count). The molecule has 0 saturated heterocycles. The molecule has 0 bridgehead atoms. The molecule has 0 aliphatic heterocycles. The number of sulfonamides is 1. The van der Waals surface area contributed by atoms with E-state index >= 15 is 0 Å². The Balaban J connectivity index is 2.20. The molecular weight excluding hydrogens is 402 g/mol. The molecule has 0 aromatic heterocycles. The summed E-state index contributed by atoms with van der Waals surface area (Å²) >= 11 is 3.43. The van der Waals surface area contributed by atoms with Crippen LogP contribution in [-0.2, 0) is 10.0 Å². The SMILES string of the molecule is CCN(CC)S(=O)(=O)c1ccc(C(=O)C=Cc2ccccc2Br)cc1. The molecule has 6 heteroatoms. The van der Waals surface area contributed by atoms with E-state index in [0.717, 1.165) is 10.0 Å². The van der Waals surface area contributed by atoms with Crippen LogP contribution < -0.4 is 0 Å². The molecule has 0 radical (unpaired) electrons. The van der Waals surface area contributed by atoms with Crippen molar-refractivity contribution in [3.63, 3.8) is 0 Å². The average Bonchev–Trinajstić information content (AvgIpc) is 2.61. The fourth-order valence-corrected chi connectivity index (χ4v) is 4.25. The third-order valence-electron chi connectivity index (χ3n) is 3.80. The Hall–Kier alpha value is -1.76. The van der Waals surface area contributed by atoms with Crippen LogP contribution in [0.3, 0.4) is 0 Å². The molecule has 0 N–H and O–H groups in total. The van der Waals surface area contributed by atoms with Gasteiger partial charge in [-0.2, -0.15) is 4.31 Å². The van der Waals surface area contributed by atoms with Gasteiger partial charge >= 0.3 is 0 Å². The van der Waals surface area contributed by atoms with Gasteiger partial charge in [0.2, 0.25) is 10.0 Å². The minimum Gasteiger partial charge on any atom is -0.289 e. The van der Waals surface area contributed by atoms with Gasteiger partial charge in [-0.1, -0.05) is 48.0 Å². The number of benzene rings is 2. The summed E-state index contributed by atoms with van der Waals surface area (Å²) in [7, 11) is -3.51. The van der Waals surface area contributed by atoms with Gasteiger partial charge in [-0.05, 0) is 48.0 Å². The summed E-state index contributed by atoms with van der Waals surface area (Å²) in [5.74, 6) is -0.178. The highest BCUT2D eigenvalue weighted by atomic mass is 79.9. The Kier molecular flexibility index (Phi) is 6.70. The summed E-state index contributed by atoms with van der Waals surface area (Å²) in [4.78, 5) is 12.5. The maximum Gasteiger partial charge on any atom is 0.243 e. The van der Waals surface area contributed by atoms with E-state index in [1.54, 1.807) is 32.1 Å². The van der Waals surface area contributed by atoms with Crippen molar-refractivity contribution in [1.29, 1.82) is 0 Å². The standard InChI is InChI=1S/C19H20BrNO3S/c1-3-21(4-2)25(23,24)17-12-9-16(10-13-17)19(22)14-11-15-7-5-6-8-18(15)20/h5-14H,3-4H2,1-2H3. The Morgan fingerprint density at radius 2 is 1.64 bits per heavy atom. The molecule has 2 aromatic carbocycles. The largest absolute Gasteiger partial charge is 0.289 e. The molecular formula is C19H20BrNO3S. The Bertz CT molecular complexity index is 870. The van der Waals surface area contributed by atoms with Crippen molar-refractivity contribution in [2.75, 3.05) is 13.1 Å². The Morgan fingerprint density at radius 1 is 1.04 bits per heavy atom. The molecule has 2 aromatic rings. The predicted molar refractivity (Wildman–Crippen MR) is 104 cm³/mol. The van der Waals surface area contributed by atoms with Crippen LogP contribution in [0.15, 0.2) is 64.0 Å².